The molecule has 1 N–H and O–H groups in total. The fourth-order valence-corrected chi connectivity index (χ4v) is 3.18. The van der Waals surface area contributed by atoms with Crippen LogP contribution in [0.25, 0.3) is 0 Å². The lowest BCUT2D eigenvalue weighted by Gasteiger charge is -2.11. The first-order valence-corrected chi connectivity index (χ1v) is 8.26. The van der Waals surface area contributed by atoms with Gasteiger partial charge in [0.25, 0.3) is 0 Å². The maximum atomic E-state index is 12.1. The lowest BCUT2D eigenvalue weighted by Crippen LogP contribution is -2.31. The van der Waals surface area contributed by atoms with E-state index in [1.54, 1.807) is 12.1 Å². The number of rotatable bonds is 6. The Morgan fingerprint density at radius 1 is 1.38 bits per heavy atom. The van der Waals surface area contributed by atoms with E-state index in [0.29, 0.717) is 12.2 Å². The summed E-state index contributed by atoms with van der Waals surface area (Å²) in [7, 11) is -2.23. The zero-order valence-electron chi connectivity index (χ0n) is 11.9. The lowest BCUT2D eigenvalue weighted by atomic mass is 10.2. The van der Waals surface area contributed by atoms with Crippen LogP contribution in [0.1, 0.15) is 18.4 Å². The molecular weight excluding hydrogens is 294 g/mol. The van der Waals surface area contributed by atoms with Crippen molar-refractivity contribution < 1.29 is 22.7 Å². The molecule has 116 valence electrons. The molecule has 7 heteroatoms. The predicted molar refractivity (Wildman–Crippen MR) is 76.3 cm³/mol. The average Bonchev–Trinajstić information content (AvgIpc) is 2.99. The van der Waals surface area contributed by atoms with Crippen molar-refractivity contribution in [3.05, 3.63) is 29.8 Å². The molecule has 1 unspecified atom stereocenters. The molecule has 1 aromatic carbocycles. The van der Waals surface area contributed by atoms with Gasteiger partial charge in [0, 0.05) is 13.2 Å². The SMILES string of the molecule is COC(=O)Cc1ccc(S(=O)(=O)NCC2CCCO2)cc1. The molecule has 1 fully saturated rings. The van der Waals surface area contributed by atoms with Gasteiger partial charge in [0.05, 0.1) is 24.5 Å². The predicted octanol–water partition coefficient (Wildman–Crippen LogP) is 0.859. The standard InChI is InChI=1S/C14H19NO5S/c1-19-14(16)9-11-4-6-13(7-5-11)21(17,18)15-10-12-3-2-8-20-12/h4-7,12,15H,2-3,8-10H2,1H3. The third kappa shape index (κ3) is 4.52. The van der Waals surface area contributed by atoms with Crippen LogP contribution in [0.5, 0.6) is 0 Å². The van der Waals surface area contributed by atoms with Gasteiger partial charge in [-0.2, -0.15) is 0 Å². The molecule has 1 aliphatic rings. The van der Waals surface area contributed by atoms with E-state index >= 15 is 0 Å². The Kier molecular flexibility index (Phi) is 5.33. The molecule has 0 aromatic heterocycles. The van der Waals surface area contributed by atoms with E-state index in [9.17, 15) is 13.2 Å². The van der Waals surface area contributed by atoms with Crippen LogP contribution < -0.4 is 4.72 Å². The summed E-state index contributed by atoms with van der Waals surface area (Å²) in [5.74, 6) is -0.359. The fraction of sp³-hybridized carbons (Fsp3) is 0.500. The Bertz CT molecular complexity index is 576. The summed E-state index contributed by atoms with van der Waals surface area (Å²) in [6.45, 7) is 0.973. The molecule has 0 saturated carbocycles. The molecule has 0 amide bonds. The maximum absolute atomic E-state index is 12.1. The Labute approximate surface area is 124 Å². The second-order valence-electron chi connectivity index (χ2n) is 4.88. The van der Waals surface area contributed by atoms with Crippen molar-refractivity contribution >= 4 is 16.0 Å². The molecular formula is C14H19NO5S. The highest BCUT2D eigenvalue weighted by molar-refractivity contribution is 7.89. The minimum Gasteiger partial charge on any atom is -0.469 e. The highest BCUT2D eigenvalue weighted by Gasteiger charge is 2.20. The monoisotopic (exact) mass is 313 g/mol. The zero-order chi connectivity index (χ0) is 15.3. The second-order valence-corrected chi connectivity index (χ2v) is 6.65. The van der Waals surface area contributed by atoms with Crippen molar-refractivity contribution in [3.63, 3.8) is 0 Å². The minimum atomic E-state index is -3.54. The quantitative estimate of drug-likeness (QED) is 0.788. The summed E-state index contributed by atoms with van der Waals surface area (Å²) in [6.07, 6.45) is 1.92. The first-order valence-electron chi connectivity index (χ1n) is 6.78. The van der Waals surface area contributed by atoms with E-state index in [1.165, 1.54) is 19.2 Å². The first kappa shape index (κ1) is 15.9. The molecule has 0 aliphatic carbocycles. The number of nitrogens with one attached hydrogen (secondary N) is 1. The van der Waals surface area contributed by atoms with Crippen molar-refractivity contribution in [2.24, 2.45) is 0 Å². The Balaban J connectivity index is 1.97. The van der Waals surface area contributed by atoms with E-state index in [-0.39, 0.29) is 29.9 Å². The van der Waals surface area contributed by atoms with Crippen LogP contribution in [-0.4, -0.2) is 40.8 Å². The van der Waals surface area contributed by atoms with Crippen molar-refractivity contribution in [2.45, 2.75) is 30.3 Å². The number of esters is 1. The summed E-state index contributed by atoms with van der Waals surface area (Å²) < 4.78 is 36.7. The van der Waals surface area contributed by atoms with Crippen molar-refractivity contribution in [1.82, 2.24) is 4.72 Å². The highest BCUT2D eigenvalue weighted by Crippen LogP contribution is 2.14. The Hall–Kier alpha value is -1.44. The van der Waals surface area contributed by atoms with Crippen molar-refractivity contribution in [1.29, 1.82) is 0 Å². The Morgan fingerprint density at radius 2 is 2.10 bits per heavy atom. The molecule has 1 aromatic rings. The molecule has 0 spiro atoms. The summed E-state index contributed by atoms with van der Waals surface area (Å²) in [6, 6.07) is 6.18. The average molecular weight is 313 g/mol. The third-order valence-corrected chi connectivity index (χ3v) is 4.77. The van der Waals surface area contributed by atoms with E-state index in [2.05, 4.69) is 9.46 Å². The number of benzene rings is 1. The molecule has 1 heterocycles. The summed E-state index contributed by atoms with van der Waals surface area (Å²) >= 11 is 0. The number of hydrogen-bond acceptors (Lipinski definition) is 5. The van der Waals surface area contributed by atoms with E-state index in [1.807, 2.05) is 0 Å². The zero-order valence-corrected chi connectivity index (χ0v) is 12.7. The first-order chi connectivity index (χ1) is 10.0. The largest absolute Gasteiger partial charge is 0.469 e. The van der Waals surface area contributed by atoms with E-state index in [4.69, 9.17) is 4.74 Å². The minimum absolute atomic E-state index is 0.0432. The van der Waals surface area contributed by atoms with Crippen LogP contribution in [0, 0.1) is 0 Å². The highest BCUT2D eigenvalue weighted by atomic mass is 32.2. The number of carbonyl (C=O) groups is 1. The van der Waals surface area contributed by atoms with Crippen LogP contribution >= 0.6 is 0 Å². The van der Waals surface area contributed by atoms with Crippen molar-refractivity contribution in [2.75, 3.05) is 20.3 Å². The van der Waals surface area contributed by atoms with Gasteiger partial charge in [-0.25, -0.2) is 13.1 Å². The Morgan fingerprint density at radius 3 is 2.67 bits per heavy atom. The van der Waals surface area contributed by atoms with Gasteiger partial charge in [-0.15, -0.1) is 0 Å². The van der Waals surface area contributed by atoms with Crippen molar-refractivity contribution in [3.8, 4) is 0 Å². The van der Waals surface area contributed by atoms with E-state index in [0.717, 1.165) is 12.8 Å². The number of methoxy groups -OCH3 is 1. The van der Waals surface area contributed by atoms with Gasteiger partial charge in [-0.3, -0.25) is 4.79 Å². The van der Waals surface area contributed by atoms with Crippen LogP contribution in [0.4, 0.5) is 0 Å². The molecule has 1 atom stereocenters. The molecule has 0 bridgehead atoms. The van der Waals surface area contributed by atoms with Gasteiger partial charge in [0.2, 0.25) is 10.0 Å². The topological polar surface area (TPSA) is 81.7 Å². The van der Waals surface area contributed by atoms with Gasteiger partial charge in [0.15, 0.2) is 0 Å². The van der Waals surface area contributed by atoms with Crippen LogP contribution in [0.15, 0.2) is 29.2 Å². The third-order valence-electron chi connectivity index (χ3n) is 3.33. The molecule has 1 aliphatic heterocycles. The second kappa shape index (κ2) is 7.02. The van der Waals surface area contributed by atoms with Gasteiger partial charge >= 0.3 is 5.97 Å². The van der Waals surface area contributed by atoms with Gasteiger partial charge in [0.1, 0.15) is 0 Å². The number of hydrogen-bond donors (Lipinski definition) is 1. The van der Waals surface area contributed by atoms with Gasteiger partial charge in [-0.05, 0) is 30.5 Å². The summed E-state index contributed by atoms with van der Waals surface area (Å²) in [4.78, 5) is 11.3. The molecule has 2 rings (SSSR count). The molecule has 6 nitrogen and oxygen atoms in total. The fourth-order valence-electron chi connectivity index (χ4n) is 2.12. The summed E-state index contributed by atoms with van der Waals surface area (Å²) in [5, 5.41) is 0. The smallest absolute Gasteiger partial charge is 0.309 e. The van der Waals surface area contributed by atoms with Crippen LogP contribution in [-0.2, 0) is 30.7 Å². The van der Waals surface area contributed by atoms with E-state index < -0.39 is 10.0 Å². The number of carbonyl (C=O) groups excluding carboxylic acids is 1. The number of sulfonamides is 1. The molecule has 21 heavy (non-hydrogen) atoms. The van der Waals surface area contributed by atoms with Gasteiger partial charge < -0.3 is 9.47 Å². The van der Waals surface area contributed by atoms with Crippen LogP contribution in [0.2, 0.25) is 0 Å². The maximum Gasteiger partial charge on any atom is 0.309 e. The molecule has 1 saturated heterocycles. The van der Waals surface area contributed by atoms with Crippen LogP contribution in [0.3, 0.4) is 0 Å². The van der Waals surface area contributed by atoms with Gasteiger partial charge in [-0.1, -0.05) is 12.1 Å². The lowest BCUT2D eigenvalue weighted by molar-refractivity contribution is -0.139. The molecule has 0 radical (unpaired) electrons. The summed E-state index contributed by atoms with van der Waals surface area (Å²) in [5.41, 5.74) is 0.708. The number of ether oxygens (including phenoxy) is 2. The normalized spacial score (nSPS) is 18.6.